The molecule has 0 aliphatic rings. The molecule has 190 valence electrons. The molecule has 6 nitrogen and oxygen atoms in total. The maximum atomic E-state index is 12.6. The molecule has 0 fully saturated rings. The van der Waals surface area contributed by atoms with Crippen molar-refractivity contribution in [1.82, 2.24) is 0 Å². The molecule has 11 heteroatoms. The number of benzene rings is 2. The summed E-state index contributed by atoms with van der Waals surface area (Å²) >= 11 is 9.47. The van der Waals surface area contributed by atoms with Gasteiger partial charge in [0, 0.05) is 45.1 Å². The summed E-state index contributed by atoms with van der Waals surface area (Å²) in [6.45, 7) is 3.42. The maximum Gasteiger partial charge on any atom is 0.336 e. The van der Waals surface area contributed by atoms with Gasteiger partial charge in [0.05, 0.1) is 21.3 Å². The van der Waals surface area contributed by atoms with Crippen LogP contribution in [0.4, 0.5) is 8.78 Å². The summed E-state index contributed by atoms with van der Waals surface area (Å²) in [5.41, 5.74) is 1.88. The molecular weight excluding hydrogens is 662 g/mol. The van der Waals surface area contributed by atoms with E-state index in [1.165, 1.54) is 32.4 Å². The second kappa shape index (κ2) is 15.7. The molecule has 1 aromatic heterocycles. The van der Waals surface area contributed by atoms with Crippen LogP contribution in [0.1, 0.15) is 11.1 Å². The molecule has 0 bridgehead atoms. The minimum atomic E-state index is -0.540. The Labute approximate surface area is 226 Å². The lowest BCUT2D eigenvalue weighted by Crippen LogP contribution is -2.03. The van der Waals surface area contributed by atoms with Crippen LogP contribution in [0.25, 0.3) is 11.0 Å². The van der Waals surface area contributed by atoms with Gasteiger partial charge in [-0.15, -0.1) is 0 Å². The average Bonchev–Trinajstić information content (AvgIpc) is 2.87. The first-order valence-corrected chi connectivity index (χ1v) is 13.1. The fraction of sp³-hybridized carbons (Fsp3) is 0.250. The highest BCUT2D eigenvalue weighted by molar-refractivity contribution is 9.09. The van der Waals surface area contributed by atoms with E-state index >= 15 is 0 Å². The molecule has 1 heterocycles. The summed E-state index contributed by atoms with van der Waals surface area (Å²) in [5.74, 6) is -0.258. The van der Waals surface area contributed by atoms with E-state index in [1.807, 2.05) is 0 Å². The summed E-state index contributed by atoms with van der Waals surface area (Å²) in [7, 11) is 4.43. The Balaban J connectivity index is 0.000000290. The first kappa shape index (κ1) is 30.8. The van der Waals surface area contributed by atoms with E-state index in [2.05, 4.69) is 59.1 Å². The molecular formula is C24H23Br3F2O6. The number of methoxy groups -OCH3 is 3. The number of halogens is 5. The van der Waals surface area contributed by atoms with Gasteiger partial charge in [0.25, 0.3) is 0 Å². The lowest BCUT2D eigenvalue weighted by atomic mass is 10.1. The zero-order valence-corrected chi connectivity index (χ0v) is 23.9. The van der Waals surface area contributed by atoms with Crippen LogP contribution in [0.15, 0.2) is 57.8 Å². The molecule has 0 aliphatic heterocycles. The van der Waals surface area contributed by atoms with Gasteiger partial charge < -0.3 is 18.6 Å². The summed E-state index contributed by atoms with van der Waals surface area (Å²) in [4.78, 5) is 21.7. The van der Waals surface area contributed by atoms with Crippen molar-refractivity contribution in [1.29, 1.82) is 0 Å². The van der Waals surface area contributed by atoms with Crippen LogP contribution in [0.3, 0.4) is 0 Å². The van der Waals surface area contributed by atoms with E-state index in [4.69, 9.17) is 13.9 Å². The summed E-state index contributed by atoms with van der Waals surface area (Å²) < 4.78 is 44.7. The standard InChI is InChI=1S/C12H11BrO4.C7H5BrF2.C5H7BrO2/c1-15-10-4-8-7(6-13)3-12(14)17-9(8)5-11(10)16-2;8-4-5-1-2-6(9)3-7(5)10;1-4(3-6)5(7)8-2/h3-5H,6H2,1-2H3;1-3H,4H2;1,3H2,2H3. The largest absolute Gasteiger partial charge is 0.493 e. The lowest BCUT2D eigenvalue weighted by Gasteiger charge is -2.09. The van der Waals surface area contributed by atoms with E-state index in [0.717, 1.165) is 17.0 Å². The molecule has 2 aromatic carbocycles. The Morgan fingerprint density at radius 3 is 2.00 bits per heavy atom. The van der Waals surface area contributed by atoms with E-state index in [-0.39, 0.29) is 11.6 Å². The number of esters is 1. The minimum absolute atomic E-state index is 0.359. The number of hydrogen-bond donors (Lipinski definition) is 0. The second-order valence-corrected chi connectivity index (χ2v) is 8.21. The van der Waals surface area contributed by atoms with Crippen molar-refractivity contribution in [3.8, 4) is 11.5 Å². The van der Waals surface area contributed by atoms with Crippen molar-refractivity contribution in [2.24, 2.45) is 0 Å². The minimum Gasteiger partial charge on any atom is -0.493 e. The summed E-state index contributed by atoms with van der Waals surface area (Å²) in [6.07, 6.45) is 0. The van der Waals surface area contributed by atoms with Gasteiger partial charge in [-0.25, -0.2) is 18.4 Å². The maximum absolute atomic E-state index is 12.6. The van der Waals surface area contributed by atoms with Crippen molar-refractivity contribution < 1.29 is 32.2 Å². The van der Waals surface area contributed by atoms with Crippen LogP contribution in [-0.2, 0) is 20.2 Å². The van der Waals surface area contributed by atoms with Crippen molar-refractivity contribution in [2.45, 2.75) is 10.7 Å². The smallest absolute Gasteiger partial charge is 0.336 e. The first-order chi connectivity index (χ1) is 16.6. The molecule has 3 rings (SSSR count). The molecule has 0 saturated carbocycles. The summed E-state index contributed by atoms with van der Waals surface area (Å²) in [5, 5.41) is 2.29. The lowest BCUT2D eigenvalue weighted by molar-refractivity contribution is -0.135. The van der Waals surface area contributed by atoms with Crippen LogP contribution in [0.5, 0.6) is 11.5 Å². The zero-order valence-electron chi connectivity index (χ0n) is 19.1. The van der Waals surface area contributed by atoms with Gasteiger partial charge in [-0.05, 0) is 23.3 Å². The topological polar surface area (TPSA) is 75.0 Å². The van der Waals surface area contributed by atoms with E-state index < -0.39 is 11.6 Å². The van der Waals surface area contributed by atoms with Gasteiger partial charge in [0.1, 0.15) is 17.2 Å². The third kappa shape index (κ3) is 9.38. The number of ether oxygens (including phenoxy) is 3. The monoisotopic (exact) mass is 682 g/mol. The number of hydrogen-bond acceptors (Lipinski definition) is 6. The van der Waals surface area contributed by atoms with E-state index in [0.29, 0.717) is 44.2 Å². The number of alkyl halides is 3. The van der Waals surface area contributed by atoms with Crippen molar-refractivity contribution in [3.63, 3.8) is 0 Å². The van der Waals surface area contributed by atoms with Crippen molar-refractivity contribution in [2.75, 3.05) is 26.7 Å². The van der Waals surface area contributed by atoms with Crippen LogP contribution < -0.4 is 15.1 Å². The molecule has 0 spiro atoms. The Morgan fingerprint density at radius 2 is 1.54 bits per heavy atom. The van der Waals surface area contributed by atoms with Crippen LogP contribution >= 0.6 is 47.8 Å². The second-order valence-electron chi connectivity index (χ2n) is 6.53. The normalized spacial score (nSPS) is 9.83. The predicted molar refractivity (Wildman–Crippen MR) is 142 cm³/mol. The highest BCUT2D eigenvalue weighted by Crippen LogP contribution is 2.33. The molecule has 0 atom stereocenters. The SMILES string of the molecule is C=C(CBr)C(=O)OC.COc1cc2oc(=O)cc(CBr)c2cc1OC.Fc1ccc(CBr)c(F)c1. The first-order valence-electron chi connectivity index (χ1n) is 9.72. The molecule has 0 aliphatic carbocycles. The quantitative estimate of drug-likeness (QED) is 0.125. The van der Waals surface area contributed by atoms with Crippen LogP contribution in [-0.4, -0.2) is 32.6 Å². The zero-order chi connectivity index (χ0) is 26.5. The highest BCUT2D eigenvalue weighted by Gasteiger charge is 2.11. The Kier molecular flexibility index (Phi) is 13.8. The Bertz CT molecular complexity index is 1200. The van der Waals surface area contributed by atoms with Gasteiger partial charge in [0.2, 0.25) is 0 Å². The van der Waals surface area contributed by atoms with E-state index in [1.54, 1.807) is 19.2 Å². The molecule has 35 heavy (non-hydrogen) atoms. The molecule has 0 N–H and O–H groups in total. The van der Waals surface area contributed by atoms with Crippen molar-refractivity contribution in [3.05, 3.63) is 81.7 Å². The van der Waals surface area contributed by atoms with Crippen molar-refractivity contribution >= 4 is 64.7 Å². The third-order valence-corrected chi connectivity index (χ3v) is 6.16. The van der Waals surface area contributed by atoms with Crippen LogP contribution in [0.2, 0.25) is 0 Å². The molecule has 0 radical (unpaired) electrons. The molecule has 0 saturated heterocycles. The number of carbonyl (C=O) groups is 1. The number of carbonyl (C=O) groups excluding carboxylic acids is 1. The van der Waals surface area contributed by atoms with Gasteiger partial charge in [-0.3, -0.25) is 0 Å². The number of rotatable bonds is 6. The van der Waals surface area contributed by atoms with Gasteiger partial charge in [-0.1, -0.05) is 60.4 Å². The fourth-order valence-electron chi connectivity index (χ4n) is 2.49. The van der Waals surface area contributed by atoms with Crippen LogP contribution in [0, 0.1) is 11.6 Å². The fourth-order valence-corrected chi connectivity index (χ4v) is 3.64. The molecule has 3 aromatic rings. The average molecular weight is 685 g/mol. The molecule has 0 unspecified atom stereocenters. The Morgan fingerprint density at radius 1 is 0.943 bits per heavy atom. The number of fused-ring (bicyclic) bond motifs is 1. The van der Waals surface area contributed by atoms with Gasteiger partial charge in [-0.2, -0.15) is 0 Å². The highest BCUT2D eigenvalue weighted by atomic mass is 79.9. The predicted octanol–water partition coefficient (Wildman–Crippen LogP) is 6.68. The van der Waals surface area contributed by atoms with E-state index in [9.17, 15) is 18.4 Å². The van der Waals surface area contributed by atoms with Gasteiger partial charge in [0.15, 0.2) is 11.5 Å². The third-order valence-electron chi connectivity index (χ3n) is 4.27. The Hall–Kier alpha value is -2.24. The van der Waals surface area contributed by atoms with Gasteiger partial charge >= 0.3 is 11.6 Å². The summed E-state index contributed by atoms with van der Waals surface area (Å²) in [6, 6.07) is 8.44. The molecule has 0 amide bonds.